The van der Waals surface area contributed by atoms with Gasteiger partial charge in [-0.25, -0.2) is 0 Å². The number of ether oxygens (including phenoxy) is 2. The minimum atomic E-state index is -5.45. The molecule has 1 heterocycles. The van der Waals surface area contributed by atoms with E-state index < -0.39 is 18.5 Å². The molecular formula is C25H29F5O2S. The van der Waals surface area contributed by atoms with Crippen LogP contribution in [0.3, 0.4) is 0 Å². The Morgan fingerprint density at radius 1 is 0.909 bits per heavy atom. The maximum absolute atomic E-state index is 12.8. The van der Waals surface area contributed by atoms with Gasteiger partial charge in [0.1, 0.15) is 11.5 Å². The summed E-state index contributed by atoms with van der Waals surface area (Å²) in [5, 5.41) is 0. The molecule has 0 aliphatic carbocycles. The van der Waals surface area contributed by atoms with Crippen LogP contribution in [-0.4, -0.2) is 36.8 Å². The zero-order valence-corrected chi connectivity index (χ0v) is 19.2. The average molecular weight is 489 g/mol. The van der Waals surface area contributed by atoms with Crippen molar-refractivity contribution in [1.82, 2.24) is 0 Å². The number of hydrogen-bond donors (Lipinski definition) is 0. The minimum absolute atomic E-state index is 0.145. The van der Waals surface area contributed by atoms with E-state index in [1.807, 2.05) is 30.3 Å². The van der Waals surface area contributed by atoms with Crippen molar-refractivity contribution < 1.29 is 31.4 Å². The molecule has 0 bridgehead atoms. The van der Waals surface area contributed by atoms with Crippen molar-refractivity contribution in [3.8, 4) is 11.5 Å². The molecule has 0 saturated heterocycles. The Morgan fingerprint density at radius 2 is 1.70 bits per heavy atom. The van der Waals surface area contributed by atoms with Gasteiger partial charge in [-0.05, 0) is 67.4 Å². The summed E-state index contributed by atoms with van der Waals surface area (Å²) in [7, 11) is 0. The van der Waals surface area contributed by atoms with Crippen molar-refractivity contribution in [2.75, 3.05) is 24.7 Å². The number of halogens is 5. The van der Waals surface area contributed by atoms with Gasteiger partial charge >= 0.3 is 12.1 Å². The summed E-state index contributed by atoms with van der Waals surface area (Å²) in [6.45, 7) is 1.27. The van der Waals surface area contributed by atoms with Crippen LogP contribution in [-0.2, 0) is 0 Å². The van der Waals surface area contributed by atoms with Crippen molar-refractivity contribution in [3.05, 3.63) is 59.7 Å². The minimum Gasteiger partial charge on any atom is -0.494 e. The van der Waals surface area contributed by atoms with Gasteiger partial charge in [0, 0.05) is 17.9 Å². The third-order valence-corrected chi connectivity index (χ3v) is 6.77. The maximum atomic E-state index is 12.8. The third-order valence-electron chi connectivity index (χ3n) is 5.61. The highest BCUT2D eigenvalue weighted by molar-refractivity contribution is 7.99. The van der Waals surface area contributed by atoms with Crippen molar-refractivity contribution in [2.24, 2.45) is 0 Å². The zero-order valence-electron chi connectivity index (χ0n) is 18.4. The first kappa shape index (κ1) is 25.7. The summed E-state index contributed by atoms with van der Waals surface area (Å²) >= 11 is 1.42. The third kappa shape index (κ3) is 7.52. The highest BCUT2D eigenvalue weighted by Crippen LogP contribution is 2.40. The molecule has 182 valence electrons. The lowest BCUT2D eigenvalue weighted by atomic mass is 9.87. The van der Waals surface area contributed by atoms with Crippen LogP contribution < -0.4 is 9.47 Å². The number of rotatable bonds is 12. The van der Waals surface area contributed by atoms with Gasteiger partial charge in [-0.1, -0.05) is 30.3 Å². The zero-order chi connectivity index (χ0) is 23.7. The SMILES string of the molecule is FC(F)(F)C(F)(F)CCCSCCCCCOc1cccc(C2CCOc3ccccc32)c1. The average Bonchev–Trinajstić information content (AvgIpc) is 2.79. The molecule has 1 unspecified atom stereocenters. The predicted octanol–water partition coefficient (Wildman–Crippen LogP) is 7.86. The molecule has 8 heteroatoms. The number of thioether (sulfide) groups is 1. The van der Waals surface area contributed by atoms with E-state index >= 15 is 0 Å². The molecule has 1 aliphatic heterocycles. The van der Waals surface area contributed by atoms with Crippen molar-refractivity contribution in [1.29, 1.82) is 0 Å². The van der Waals surface area contributed by atoms with Gasteiger partial charge in [0.05, 0.1) is 13.2 Å². The Bertz CT molecular complexity index is 872. The van der Waals surface area contributed by atoms with E-state index in [0.717, 1.165) is 42.9 Å². The van der Waals surface area contributed by atoms with E-state index in [0.29, 0.717) is 19.0 Å². The maximum Gasteiger partial charge on any atom is 0.453 e. The lowest BCUT2D eigenvalue weighted by molar-refractivity contribution is -0.284. The van der Waals surface area contributed by atoms with Crippen LogP contribution in [0.4, 0.5) is 22.0 Å². The molecule has 0 aromatic heterocycles. The number of fused-ring (bicyclic) bond motifs is 1. The molecular weight excluding hydrogens is 459 g/mol. The smallest absolute Gasteiger partial charge is 0.453 e. The Labute approximate surface area is 195 Å². The number of unbranched alkanes of at least 4 members (excludes halogenated alkanes) is 2. The van der Waals surface area contributed by atoms with E-state index in [1.165, 1.54) is 22.9 Å². The summed E-state index contributed by atoms with van der Waals surface area (Å²) in [6.07, 6.45) is -3.17. The van der Waals surface area contributed by atoms with Crippen LogP contribution >= 0.6 is 11.8 Å². The van der Waals surface area contributed by atoms with Gasteiger partial charge in [-0.3, -0.25) is 0 Å². The Hall–Kier alpha value is -1.96. The Kier molecular flexibility index (Phi) is 9.29. The van der Waals surface area contributed by atoms with Crippen LogP contribution in [0, 0.1) is 0 Å². The first-order chi connectivity index (χ1) is 15.8. The summed E-state index contributed by atoms with van der Waals surface area (Å²) in [5.41, 5.74) is 2.40. The molecule has 2 aromatic rings. The fraction of sp³-hybridized carbons (Fsp3) is 0.520. The van der Waals surface area contributed by atoms with E-state index in [1.54, 1.807) is 0 Å². The predicted molar refractivity (Wildman–Crippen MR) is 122 cm³/mol. The summed E-state index contributed by atoms with van der Waals surface area (Å²) in [4.78, 5) is 0. The molecule has 0 radical (unpaired) electrons. The lowest BCUT2D eigenvalue weighted by Gasteiger charge is -2.26. The second-order valence-electron chi connectivity index (χ2n) is 8.13. The van der Waals surface area contributed by atoms with E-state index in [-0.39, 0.29) is 12.3 Å². The number of hydrogen-bond acceptors (Lipinski definition) is 3. The molecule has 2 nitrogen and oxygen atoms in total. The van der Waals surface area contributed by atoms with Crippen molar-refractivity contribution in [2.45, 2.75) is 56.5 Å². The number of para-hydroxylation sites is 1. The molecule has 0 spiro atoms. The van der Waals surface area contributed by atoms with Crippen LogP contribution in [0.15, 0.2) is 48.5 Å². The second kappa shape index (κ2) is 12.0. The molecule has 0 amide bonds. The van der Waals surface area contributed by atoms with Gasteiger partial charge < -0.3 is 9.47 Å². The number of alkyl halides is 5. The molecule has 1 atom stereocenters. The Balaban J connectivity index is 1.31. The summed E-state index contributed by atoms with van der Waals surface area (Å²) < 4.78 is 73.6. The summed E-state index contributed by atoms with van der Waals surface area (Å²) in [5.74, 6) is -1.48. The van der Waals surface area contributed by atoms with Gasteiger partial charge in [0.15, 0.2) is 0 Å². The topological polar surface area (TPSA) is 18.5 Å². The highest BCUT2D eigenvalue weighted by atomic mass is 32.2. The van der Waals surface area contributed by atoms with E-state index in [2.05, 4.69) is 18.2 Å². The van der Waals surface area contributed by atoms with E-state index in [4.69, 9.17) is 9.47 Å². The quantitative estimate of drug-likeness (QED) is 0.224. The molecule has 0 N–H and O–H groups in total. The molecule has 3 rings (SSSR count). The first-order valence-corrected chi connectivity index (χ1v) is 12.4. The normalized spacial score (nSPS) is 16.2. The van der Waals surface area contributed by atoms with Gasteiger partial charge in [-0.2, -0.15) is 33.7 Å². The Morgan fingerprint density at radius 3 is 2.52 bits per heavy atom. The molecule has 1 aliphatic rings. The van der Waals surface area contributed by atoms with Gasteiger partial charge in [0.2, 0.25) is 0 Å². The highest BCUT2D eigenvalue weighted by Gasteiger charge is 2.56. The molecule has 33 heavy (non-hydrogen) atoms. The number of benzene rings is 2. The fourth-order valence-corrected chi connectivity index (χ4v) is 4.78. The van der Waals surface area contributed by atoms with Crippen molar-refractivity contribution >= 4 is 11.8 Å². The molecule has 0 saturated carbocycles. The van der Waals surface area contributed by atoms with Crippen LogP contribution in [0.1, 0.15) is 55.6 Å². The standard InChI is InChI=1S/C25H29F5O2S/c26-24(27,25(28,29)30)13-7-17-33-16-5-1-4-14-31-20-9-6-8-19(18-20)21-12-15-32-23-11-3-2-10-22(21)23/h2-3,6,8-11,18,21H,1,4-5,7,12-17H2. The van der Waals surface area contributed by atoms with E-state index in [9.17, 15) is 22.0 Å². The molecule has 2 aromatic carbocycles. The van der Waals surface area contributed by atoms with Crippen LogP contribution in [0.5, 0.6) is 11.5 Å². The van der Waals surface area contributed by atoms with Crippen LogP contribution in [0.25, 0.3) is 0 Å². The monoisotopic (exact) mass is 488 g/mol. The fourth-order valence-electron chi connectivity index (χ4n) is 3.82. The van der Waals surface area contributed by atoms with Crippen molar-refractivity contribution in [3.63, 3.8) is 0 Å². The second-order valence-corrected chi connectivity index (χ2v) is 9.35. The first-order valence-electron chi connectivity index (χ1n) is 11.2. The van der Waals surface area contributed by atoms with Gasteiger partial charge in [-0.15, -0.1) is 0 Å². The van der Waals surface area contributed by atoms with Crippen LogP contribution in [0.2, 0.25) is 0 Å². The lowest BCUT2D eigenvalue weighted by Crippen LogP contribution is -2.36. The molecule has 0 fully saturated rings. The summed E-state index contributed by atoms with van der Waals surface area (Å²) in [6, 6.07) is 16.2. The largest absolute Gasteiger partial charge is 0.494 e. The van der Waals surface area contributed by atoms with Gasteiger partial charge in [0.25, 0.3) is 0 Å².